The topological polar surface area (TPSA) is 21.3 Å². The van der Waals surface area contributed by atoms with Crippen molar-refractivity contribution in [1.29, 1.82) is 0 Å². The summed E-state index contributed by atoms with van der Waals surface area (Å²) in [5.74, 6) is 0.728. The number of nitrogens with one attached hydrogen (secondary N) is 1. The van der Waals surface area contributed by atoms with Gasteiger partial charge in [0.05, 0.1) is 6.61 Å². The lowest BCUT2D eigenvalue weighted by atomic mass is 10.0. The van der Waals surface area contributed by atoms with E-state index in [4.69, 9.17) is 17.0 Å². The molecular weight excluding hydrogens is 146 g/mol. The van der Waals surface area contributed by atoms with Gasteiger partial charge in [-0.15, -0.1) is 0 Å². The van der Waals surface area contributed by atoms with Crippen molar-refractivity contribution < 1.29 is 4.74 Å². The first-order chi connectivity index (χ1) is 4.86. The largest absolute Gasteiger partial charge is 0.471 e. The van der Waals surface area contributed by atoms with E-state index in [2.05, 4.69) is 5.32 Å². The Hall–Kier alpha value is -0.310. The van der Waals surface area contributed by atoms with Crippen LogP contribution in [0, 0.1) is 5.92 Å². The molecule has 0 aromatic rings. The van der Waals surface area contributed by atoms with E-state index in [0.29, 0.717) is 11.2 Å². The molecular formula is C7H11NOS. The van der Waals surface area contributed by atoms with E-state index < -0.39 is 0 Å². The van der Waals surface area contributed by atoms with E-state index in [9.17, 15) is 0 Å². The minimum Gasteiger partial charge on any atom is -0.471 e. The summed E-state index contributed by atoms with van der Waals surface area (Å²) in [4.78, 5) is 0. The molecule has 0 aromatic heterocycles. The Morgan fingerprint density at radius 3 is 3.30 bits per heavy atom. The van der Waals surface area contributed by atoms with Gasteiger partial charge in [0.2, 0.25) is 0 Å². The molecule has 1 saturated heterocycles. The fourth-order valence-electron chi connectivity index (χ4n) is 1.80. The number of hydrogen-bond acceptors (Lipinski definition) is 2. The van der Waals surface area contributed by atoms with Gasteiger partial charge in [-0.3, -0.25) is 0 Å². The molecule has 0 radical (unpaired) electrons. The van der Waals surface area contributed by atoms with Crippen molar-refractivity contribution in [2.75, 3.05) is 6.61 Å². The zero-order chi connectivity index (χ0) is 6.97. The van der Waals surface area contributed by atoms with Crippen LogP contribution in [0.25, 0.3) is 0 Å². The van der Waals surface area contributed by atoms with Gasteiger partial charge in [0, 0.05) is 12.0 Å². The Balaban J connectivity index is 2.03. The predicted molar refractivity (Wildman–Crippen MR) is 42.8 cm³/mol. The first kappa shape index (κ1) is 6.40. The molecule has 1 heterocycles. The molecule has 10 heavy (non-hydrogen) atoms. The normalized spacial score (nSPS) is 38.2. The molecule has 1 aliphatic carbocycles. The molecule has 1 N–H and O–H groups in total. The zero-order valence-corrected chi connectivity index (χ0v) is 6.62. The summed E-state index contributed by atoms with van der Waals surface area (Å²) in [5.41, 5.74) is 0. The summed E-state index contributed by atoms with van der Waals surface area (Å²) in [6, 6.07) is 0.626. The first-order valence-corrected chi connectivity index (χ1v) is 4.20. The third-order valence-electron chi connectivity index (χ3n) is 2.39. The molecule has 2 fully saturated rings. The summed E-state index contributed by atoms with van der Waals surface area (Å²) >= 11 is 4.90. The highest BCUT2D eigenvalue weighted by Crippen LogP contribution is 2.28. The SMILES string of the molecule is S=C1NC2CCCC2CO1. The van der Waals surface area contributed by atoms with Crippen molar-refractivity contribution in [2.45, 2.75) is 25.3 Å². The standard InChI is InChI=1S/C7H11NOS/c10-7-8-6-3-1-2-5(6)4-9-7/h5-6H,1-4H2,(H,8,10). The first-order valence-electron chi connectivity index (χ1n) is 3.79. The van der Waals surface area contributed by atoms with Crippen LogP contribution in [0.1, 0.15) is 19.3 Å². The maximum atomic E-state index is 5.21. The number of hydrogen-bond donors (Lipinski definition) is 1. The third kappa shape index (κ3) is 0.985. The number of ether oxygens (including phenoxy) is 1. The average Bonchev–Trinajstić information content (AvgIpc) is 2.33. The van der Waals surface area contributed by atoms with Gasteiger partial charge in [-0.1, -0.05) is 6.42 Å². The molecule has 2 rings (SSSR count). The third-order valence-corrected chi connectivity index (χ3v) is 2.63. The lowest BCUT2D eigenvalue weighted by Gasteiger charge is -2.27. The second kappa shape index (κ2) is 2.38. The van der Waals surface area contributed by atoms with Gasteiger partial charge in [0.1, 0.15) is 0 Å². The summed E-state index contributed by atoms with van der Waals surface area (Å²) in [5, 5.41) is 3.79. The van der Waals surface area contributed by atoms with E-state index >= 15 is 0 Å². The molecule has 0 aromatic carbocycles. The van der Waals surface area contributed by atoms with Crippen LogP contribution >= 0.6 is 12.2 Å². The molecule has 0 bridgehead atoms. The fourth-order valence-corrected chi connectivity index (χ4v) is 2.02. The number of rotatable bonds is 0. The van der Waals surface area contributed by atoms with Crippen molar-refractivity contribution in [2.24, 2.45) is 5.92 Å². The number of fused-ring (bicyclic) bond motifs is 1. The van der Waals surface area contributed by atoms with Gasteiger partial charge < -0.3 is 10.1 Å². The van der Waals surface area contributed by atoms with E-state index in [-0.39, 0.29) is 0 Å². The second-order valence-electron chi connectivity index (χ2n) is 3.04. The summed E-state index contributed by atoms with van der Waals surface area (Å²) in [7, 11) is 0. The monoisotopic (exact) mass is 157 g/mol. The Morgan fingerprint density at radius 1 is 1.50 bits per heavy atom. The molecule has 56 valence electrons. The van der Waals surface area contributed by atoms with Crippen LogP contribution in [0.2, 0.25) is 0 Å². The summed E-state index contributed by atoms with van der Waals surface area (Å²) < 4.78 is 5.21. The van der Waals surface area contributed by atoms with Crippen molar-refractivity contribution >= 4 is 17.4 Å². The van der Waals surface area contributed by atoms with Gasteiger partial charge in [-0.25, -0.2) is 0 Å². The van der Waals surface area contributed by atoms with Gasteiger partial charge in [0.25, 0.3) is 5.17 Å². The zero-order valence-electron chi connectivity index (χ0n) is 5.80. The van der Waals surface area contributed by atoms with Gasteiger partial charge in [-0.2, -0.15) is 0 Å². The molecule has 0 amide bonds. The van der Waals surface area contributed by atoms with Crippen LogP contribution in [-0.2, 0) is 4.74 Å². The van der Waals surface area contributed by atoms with Crippen LogP contribution in [0.15, 0.2) is 0 Å². The molecule has 2 aliphatic rings. The minimum absolute atomic E-state index is 0.600. The highest BCUT2D eigenvalue weighted by molar-refractivity contribution is 7.80. The Labute approximate surface area is 65.9 Å². The lowest BCUT2D eigenvalue weighted by molar-refractivity contribution is 0.180. The Bertz CT molecular complexity index is 160. The molecule has 3 heteroatoms. The molecule has 1 aliphatic heterocycles. The van der Waals surface area contributed by atoms with Gasteiger partial charge in [0.15, 0.2) is 0 Å². The Morgan fingerprint density at radius 2 is 2.40 bits per heavy atom. The van der Waals surface area contributed by atoms with Crippen LogP contribution in [0.5, 0.6) is 0 Å². The average molecular weight is 157 g/mol. The minimum atomic E-state index is 0.600. The van der Waals surface area contributed by atoms with Gasteiger partial charge >= 0.3 is 0 Å². The second-order valence-corrected chi connectivity index (χ2v) is 3.41. The molecule has 2 atom stereocenters. The van der Waals surface area contributed by atoms with Gasteiger partial charge in [-0.05, 0) is 25.1 Å². The quantitative estimate of drug-likeness (QED) is 0.531. The van der Waals surface area contributed by atoms with Crippen molar-refractivity contribution in [3.05, 3.63) is 0 Å². The molecule has 2 unspecified atom stereocenters. The van der Waals surface area contributed by atoms with Crippen molar-refractivity contribution in [1.82, 2.24) is 5.32 Å². The number of thiocarbonyl (C=S) groups is 1. The highest BCUT2D eigenvalue weighted by atomic mass is 32.1. The molecule has 2 nitrogen and oxygen atoms in total. The van der Waals surface area contributed by atoms with E-state index in [1.54, 1.807) is 0 Å². The highest BCUT2D eigenvalue weighted by Gasteiger charge is 2.31. The maximum absolute atomic E-state index is 5.21. The summed E-state index contributed by atoms with van der Waals surface area (Å²) in [6.45, 7) is 0.844. The predicted octanol–water partition coefficient (Wildman–Crippen LogP) is 1.06. The van der Waals surface area contributed by atoms with E-state index in [1.165, 1.54) is 19.3 Å². The van der Waals surface area contributed by atoms with Crippen LogP contribution < -0.4 is 5.32 Å². The fraction of sp³-hybridized carbons (Fsp3) is 0.857. The van der Waals surface area contributed by atoms with Crippen LogP contribution in [-0.4, -0.2) is 17.8 Å². The van der Waals surface area contributed by atoms with E-state index in [0.717, 1.165) is 12.5 Å². The summed E-state index contributed by atoms with van der Waals surface area (Å²) in [6.07, 6.45) is 3.91. The maximum Gasteiger partial charge on any atom is 0.256 e. The van der Waals surface area contributed by atoms with Crippen LogP contribution in [0.4, 0.5) is 0 Å². The molecule has 1 saturated carbocycles. The van der Waals surface area contributed by atoms with Crippen molar-refractivity contribution in [3.8, 4) is 0 Å². The van der Waals surface area contributed by atoms with Crippen molar-refractivity contribution in [3.63, 3.8) is 0 Å². The Kier molecular flexibility index (Phi) is 1.52. The smallest absolute Gasteiger partial charge is 0.256 e. The van der Waals surface area contributed by atoms with Crippen LogP contribution in [0.3, 0.4) is 0 Å². The van der Waals surface area contributed by atoms with E-state index in [1.807, 2.05) is 0 Å². The molecule has 0 spiro atoms. The lowest BCUT2D eigenvalue weighted by Crippen LogP contribution is -2.44.